The number of hydrogen-bond donors (Lipinski definition) is 0. The third-order valence-corrected chi connectivity index (χ3v) is 6.72. The Labute approximate surface area is 195 Å². The SMILES string of the molecule is COc1ccc2ccc(OC)c(/C=C3\SC(=O)N(Cc4cccc5ccccc45)C3=O)c2c1. The summed E-state index contributed by atoms with van der Waals surface area (Å²) >= 11 is 0.951. The lowest BCUT2D eigenvalue weighted by molar-refractivity contribution is -0.123. The molecule has 0 unspecified atom stereocenters. The fourth-order valence-electron chi connectivity index (χ4n) is 4.12. The summed E-state index contributed by atoms with van der Waals surface area (Å²) in [5.41, 5.74) is 1.67. The molecule has 0 bridgehead atoms. The van der Waals surface area contributed by atoms with Gasteiger partial charge in [-0.2, -0.15) is 0 Å². The Kier molecular flexibility index (Phi) is 5.52. The zero-order valence-electron chi connectivity index (χ0n) is 18.2. The molecule has 0 spiro atoms. The topological polar surface area (TPSA) is 55.8 Å². The first-order chi connectivity index (χ1) is 16.1. The fourth-order valence-corrected chi connectivity index (χ4v) is 4.94. The molecule has 1 aliphatic rings. The zero-order valence-corrected chi connectivity index (χ0v) is 19.0. The molecule has 164 valence electrons. The predicted octanol–water partition coefficient (Wildman–Crippen LogP) is 6.25. The van der Waals surface area contributed by atoms with E-state index < -0.39 is 0 Å². The van der Waals surface area contributed by atoms with Crippen LogP contribution in [0, 0.1) is 0 Å². The highest BCUT2D eigenvalue weighted by Crippen LogP contribution is 2.38. The molecule has 1 saturated heterocycles. The second-order valence-electron chi connectivity index (χ2n) is 7.67. The minimum Gasteiger partial charge on any atom is -0.497 e. The van der Waals surface area contributed by atoms with Crippen LogP contribution in [0.25, 0.3) is 27.6 Å². The van der Waals surface area contributed by atoms with E-state index in [1.807, 2.05) is 72.8 Å². The first-order valence-corrected chi connectivity index (χ1v) is 11.3. The molecule has 5 rings (SSSR count). The van der Waals surface area contributed by atoms with Crippen LogP contribution in [0.1, 0.15) is 11.1 Å². The van der Waals surface area contributed by atoms with Gasteiger partial charge in [0.25, 0.3) is 11.1 Å². The van der Waals surface area contributed by atoms with Crippen LogP contribution in [-0.4, -0.2) is 30.3 Å². The molecule has 0 N–H and O–H groups in total. The Morgan fingerprint density at radius 3 is 2.42 bits per heavy atom. The van der Waals surface area contributed by atoms with Gasteiger partial charge < -0.3 is 9.47 Å². The molecule has 2 amide bonds. The number of thioether (sulfide) groups is 1. The van der Waals surface area contributed by atoms with E-state index in [1.165, 1.54) is 4.90 Å². The number of imide groups is 1. The molecular weight excluding hydrogens is 434 g/mol. The highest BCUT2D eigenvalue weighted by Gasteiger charge is 2.35. The number of methoxy groups -OCH3 is 2. The number of carbonyl (C=O) groups excluding carboxylic acids is 2. The van der Waals surface area contributed by atoms with Crippen LogP contribution in [-0.2, 0) is 11.3 Å². The van der Waals surface area contributed by atoms with E-state index in [0.29, 0.717) is 16.4 Å². The minimum atomic E-state index is -0.306. The standard InChI is InChI=1S/C27H21NO4S/c1-31-20-12-10-18-11-13-24(32-2)23(22(18)14-20)15-25-26(29)28(27(30)33-25)16-19-8-5-7-17-6-3-4-9-21(17)19/h3-15H,16H2,1-2H3/b25-15-. The summed E-state index contributed by atoms with van der Waals surface area (Å²) in [4.78, 5) is 27.8. The lowest BCUT2D eigenvalue weighted by Crippen LogP contribution is -2.27. The summed E-state index contributed by atoms with van der Waals surface area (Å²) in [7, 11) is 3.20. The molecule has 6 heteroatoms. The van der Waals surface area contributed by atoms with Crippen LogP contribution in [0.2, 0.25) is 0 Å². The Hall–Kier alpha value is -3.77. The minimum absolute atomic E-state index is 0.226. The molecule has 0 aromatic heterocycles. The lowest BCUT2D eigenvalue weighted by Gasteiger charge is -2.14. The van der Waals surface area contributed by atoms with E-state index in [1.54, 1.807) is 20.3 Å². The molecular formula is C27H21NO4S. The third-order valence-electron chi connectivity index (χ3n) is 5.81. The van der Waals surface area contributed by atoms with Gasteiger partial charge in [0, 0.05) is 5.56 Å². The number of ether oxygens (including phenoxy) is 2. The van der Waals surface area contributed by atoms with Gasteiger partial charge in [-0.25, -0.2) is 0 Å². The van der Waals surface area contributed by atoms with Crippen molar-refractivity contribution in [1.82, 2.24) is 4.90 Å². The number of nitrogens with zero attached hydrogens (tertiary/aromatic N) is 1. The number of fused-ring (bicyclic) bond motifs is 2. The normalized spacial score (nSPS) is 15.1. The van der Waals surface area contributed by atoms with Gasteiger partial charge in [0.2, 0.25) is 0 Å². The van der Waals surface area contributed by atoms with Crippen molar-refractivity contribution in [2.75, 3.05) is 14.2 Å². The average Bonchev–Trinajstić information content (AvgIpc) is 3.11. The molecule has 4 aromatic rings. The summed E-state index contributed by atoms with van der Waals surface area (Å²) in [6, 6.07) is 23.4. The van der Waals surface area contributed by atoms with E-state index in [0.717, 1.165) is 44.4 Å². The van der Waals surface area contributed by atoms with Crippen molar-refractivity contribution >= 4 is 50.5 Å². The largest absolute Gasteiger partial charge is 0.497 e. The average molecular weight is 456 g/mol. The number of carbonyl (C=O) groups is 2. The quantitative estimate of drug-likeness (QED) is 0.333. The van der Waals surface area contributed by atoms with Crippen LogP contribution >= 0.6 is 11.8 Å². The van der Waals surface area contributed by atoms with Gasteiger partial charge >= 0.3 is 0 Å². The van der Waals surface area contributed by atoms with Crippen molar-refractivity contribution in [3.05, 3.63) is 88.8 Å². The van der Waals surface area contributed by atoms with Gasteiger partial charge in [-0.05, 0) is 63.1 Å². The van der Waals surface area contributed by atoms with E-state index in [2.05, 4.69) is 0 Å². The monoisotopic (exact) mass is 455 g/mol. The molecule has 0 radical (unpaired) electrons. The highest BCUT2D eigenvalue weighted by atomic mass is 32.2. The van der Waals surface area contributed by atoms with Crippen LogP contribution in [0.4, 0.5) is 4.79 Å². The zero-order chi connectivity index (χ0) is 22.9. The maximum atomic E-state index is 13.3. The van der Waals surface area contributed by atoms with Crippen LogP contribution < -0.4 is 9.47 Å². The molecule has 33 heavy (non-hydrogen) atoms. The fraction of sp³-hybridized carbons (Fsp3) is 0.111. The van der Waals surface area contributed by atoms with Crippen LogP contribution in [0.3, 0.4) is 0 Å². The molecule has 1 aliphatic heterocycles. The van der Waals surface area contributed by atoms with Crippen LogP contribution in [0.15, 0.2) is 77.7 Å². The second-order valence-corrected chi connectivity index (χ2v) is 8.67. The molecule has 4 aromatic carbocycles. The van der Waals surface area contributed by atoms with Crippen LogP contribution in [0.5, 0.6) is 11.5 Å². The first-order valence-electron chi connectivity index (χ1n) is 10.5. The van der Waals surface area contributed by atoms with Crippen molar-refractivity contribution in [3.63, 3.8) is 0 Å². The smallest absolute Gasteiger partial charge is 0.293 e. The molecule has 5 nitrogen and oxygen atoms in total. The van der Waals surface area contributed by atoms with Crippen molar-refractivity contribution in [2.45, 2.75) is 6.54 Å². The summed E-state index contributed by atoms with van der Waals surface area (Å²) in [6.07, 6.45) is 1.74. The van der Waals surface area contributed by atoms with Gasteiger partial charge in [0.15, 0.2) is 0 Å². The lowest BCUT2D eigenvalue weighted by atomic mass is 10.0. The van der Waals surface area contributed by atoms with E-state index >= 15 is 0 Å². The van der Waals surface area contributed by atoms with E-state index in [-0.39, 0.29) is 17.7 Å². The molecule has 0 aliphatic carbocycles. The van der Waals surface area contributed by atoms with E-state index in [4.69, 9.17) is 9.47 Å². The third kappa shape index (κ3) is 3.83. The van der Waals surface area contributed by atoms with Crippen molar-refractivity contribution in [1.29, 1.82) is 0 Å². The second kappa shape index (κ2) is 8.64. The molecule has 0 saturated carbocycles. The summed E-state index contributed by atoms with van der Waals surface area (Å²) < 4.78 is 10.9. The Balaban J connectivity index is 1.54. The van der Waals surface area contributed by atoms with Crippen molar-refractivity contribution in [2.24, 2.45) is 0 Å². The molecule has 1 fully saturated rings. The molecule has 0 atom stereocenters. The number of hydrogen-bond acceptors (Lipinski definition) is 5. The van der Waals surface area contributed by atoms with Gasteiger partial charge in [0.05, 0.1) is 25.7 Å². The Morgan fingerprint density at radius 1 is 0.848 bits per heavy atom. The van der Waals surface area contributed by atoms with Gasteiger partial charge in [-0.3, -0.25) is 14.5 Å². The first kappa shape index (κ1) is 21.1. The summed E-state index contributed by atoms with van der Waals surface area (Å²) in [5, 5.41) is 3.70. The molecule has 1 heterocycles. The highest BCUT2D eigenvalue weighted by molar-refractivity contribution is 8.18. The van der Waals surface area contributed by atoms with Gasteiger partial charge in [0.1, 0.15) is 11.5 Å². The Bertz CT molecular complexity index is 1430. The maximum Gasteiger partial charge on any atom is 0.293 e. The number of benzene rings is 4. The summed E-state index contributed by atoms with van der Waals surface area (Å²) in [5.74, 6) is 1.02. The van der Waals surface area contributed by atoms with Gasteiger partial charge in [-0.1, -0.05) is 54.6 Å². The van der Waals surface area contributed by atoms with Crippen molar-refractivity contribution in [3.8, 4) is 11.5 Å². The Morgan fingerprint density at radius 2 is 1.61 bits per heavy atom. The maximum absolute atomic E-state index is 13.3. The van der Waals surface area contributed by atoms with Gasteiger partial charge in [-0.15, -0.1) is 0 Å². The van der Waals surface area contributed by atoms with Crippen molar-refractivity contribution < 1.29 is 19.1 Å². The predicted molar refractivity (Wildman–Crippen MR) is 133 cm³/mol. The number of amides is 2. The number of rotatable bonds is 5. The summed E-state index contributed by atoms with van der Waals surface area (Å²) in [6.45, 7) is 0.226. The van der Waals surface area contributed by atoms with E-state index in [9.17, 15) is 9.59 Å².